The molecule has 2 aromatic rings. The molecule has 1 aliphatic carbocycles. The quantitative estimate of drug-likeness (QED) is 0.924. The molecule has 5 heteroatoms. The summed E-state index contributed by atoms with van der Waals surface area (Å²) in [6.07, 6.45) is 0.350. The van der Waals surface area contributed by atoms with Gasteiger partial charge in [-0.1, -0.05) is 48.5 Å². The van der Waals surface area contributed by atoms with Gasteiger partial charge in [0.05, 0.1) is 31.4 Å². The molecule has 0 spiro atoms. The van der Waals surface area contributed by atoms with Gasteiger partial charge in [0.1, 0.15) is 6.61 Å². The van der Waals surface area contributed by atoms with E-state index >= 15 is 0 Å². The van der Waals surface area contributed by atoms with Crippen LogP contribution < -0.4 is 0 Å². The first kappa shape index (κ1) is 15.9. The molecule has 1 N–H and O–H groups in total. The number of hydrogen-bond acceptors (Lipinski definition) is 4. The van der Waals surface area contributed by atoms with Crippen LogP contribution in [0.4, 0.5) is 4.79 Å². The lowest BCUT2D eigenvalue weighted by molar-refractivity contribution is -0.0295. The number of benzene rings is 2. The lowest BCUT2D eigenvalue weighted by Crippen LogP contribution is -2.54. The highest BCUT2D eigenvalue weighted by molar-refractivity contribution is 5.79. The standard InChI is InChI=1S/C21H21NO4/c23-12-21-9-14(26-13-21)10-22(21)20(24)25-11-19-17-7-3-1-5-15(17)16-6-2-4-8-18(16)19/h1-8,14,19,23H,9-13H2. The minimum atomic E-state index is -0.604. The Balaban J connectivity index is 1.37. The Morgan fingerprint density at radius 1 is 1.15 bits per heavy atom. The highest BCUT2D eigenvalue weighted by Crippen LogP contribution is 2.45. The maximum atomic E-state index is 12.7. The molecule has 2 aromatic carbocycles. The molecule has 2 unspecified atom stereocenters. The zero-order chi connectivity index (χ0) is 17.7. The van der Waals surface area contributed by atoms with E-state index in [2.05, 4.69) is 24.3 Å². The monoisotopic (exact) mass is 351 g/mol. The number of carbonyl (C=O) groups excluding carboxylic acids is 1. The average molecular weight is 351 g/mol. The van der Waals surface area contributed by atoms with Gasteiger partial charge in [-0.05, 0) is 22.3 Å². The van der Waals surface area contributed by atoms with Crippen LogP contribution >= 0.6 is 0 Å². The van der Waals surface area contributed by atoms with Crippen molar-refractivity contribution in [2.75, 3.05) is 26.4 Å². The number of aliphatic hydroxyl groups is 1. The number of rotatable bonds is 3. The molecule has 0 aromatic heterocycles. The number of ether oxygens (including phenoxy) is 2. The molecule has 2 atom stereocenters. The molecule has 3 aliphatic rings. The lowest BCUT2D eigenvalue weighted by Gasteiger charge is -2.36. The molecule has 2 aliphatic heterocycles. The second-order valence-electron chi connectivity index (χ2n) is 7.43. The van der Waals surface area contributed by atoms with Crippen molar-refractivity contribution in [1.29, 1.82) is 0 Å². The first-order valence-electron chi connectivity index (χ1n) is 9.07. The fourth-order valence-electron chi connectivity index (χ4n) is 4.65. The summed E-state index contributed by atoms with van der Waals surface area (Å²) >= 11 is 0. The van der Waals surface area contributed by atoms with Gasteiger partial charge in [0, 0.05) is 12.3 Å². The van der Waals surface area contributed by atoms with E-state index in [1.807, 2.05) is 24.3 Å². The van der Waals surface area contributed by atoms with Crippen LogP contribution in [0.1, 0.15) is 23.5 Å². The van der Waals surface area contributed by atoms with Crippen LogP contribution in [0.5, 0.6) is 0 Å². The van der Waals surface area contributed by atoms with E-state index in [4.69, 9.17) is 9.47 Å². The Morgan fingerprint density at radius 3 is 2.42 bits per heavy atom. The normalized spacial score (nSPS) is 26.0. The molecular weight excluding hydrogens is 330 g/mol. The van der Waals surface area contributed by atoms with Crippen LogP contribution in [-0.2, 0) is 9.47 Å². The topological polar surface area (TPSA) is 59.0 Å². The van der Waals surface area contributed by atoms with Gasteiger partial charge in [-0.25, -0.2) is 4.79 Å². The fraction of sp³-hybridized carbons (Fsp3) is 0.381. The number of carbonyl (C=O) groups is 1. The van der Waals surface area contributed by atoms with Crippen molar-refractivity contribution in [3.05, 3.63) is 59.7 Å². The molecule has 2 heterocycles. The van der Waals surface area contributed by atoms with Gasteiger partial charge in [-0.3, -0.25) is 4.90 Å². The summed E-state index contributed by atoms with van der Waals surface area (Å²) in [5.41, 5.74) is 4.22. The number of morpholine rings is 1. The Labute approximate surface area is 152 Å². The molecule has 0 radical (unpaired) electrons. The maximum Gasteiger partial charge on any atom is 0.410 e. The first-order valence-corrected chi connectivity index (χ1v) is 9.07. The van der Waals surface area contributed by atoms with E-state index in [1.54, 1.807) is 4.90 Å². The minimum Gasteiger partial charge on any atom is -0.448 e. The van der Waals surface area contributed by atoms with Crippen LogP contribution in [0, 0.1) is 0 Å². The van der Waals surface area contributed by atoms with Crippen molar-refractivity contribution in [2.45, 2.75) is 24.0 Å². The van der Waals surface area contributed by atoms with E-state index < -0.39 is 5.54 Å². The van der Waals surface area contributed by atoms with Gasteiger partial charge in [0.25, 0.3) is 0 Å². The number of fused-ring (bicyclic) bond motifs is 5. The third-order valence-corrected chi connectivity index (χ3v) is 6.00. The van der Waals surface area contributed by atoms with Crippen molar-refractivity contribution in [3.63, 3.8) is 0 Å². The van der Waals surface area contributed by atoms with Crippen LogP contribution in [0.25, 0.3) is 11.1 Å². The zero-order valence-corrected chi connectivity index (χ0v) is 14.4. The first-order chi connectivity index (χ1) is 12.7. The van der Waals surface area contributed by atoms with Gasteiger partial charge in [0.2, 0.25) is 0 Å². The van der Waals surface area contributed by atoms with Crippen molar-refractivity contribution in [1.82, 2.24) is 4.90 Å². The predicted molar refractivity (Wildman–Crippen MR) is 95.9 cm³/mol. The third kappa shape index (κ3) is 2.20. The Hall–Kier alpha value is -2.37. The number of amides is 1. The molecular formula is C21H21NO4. The van der Waals surface area contributed by atoms with Crippen LogP contribution in [0.3, 0.4) is 0 Å². The van der Waals surface area contributed by atoms with Gasteiger partial charge in [-0.15, -0.1) is 0 Å². The van der Waals surface area contributed by atoms with E-state index in [0.717, 1.165) is 0 Å². The third-order valence-electron chi connectivity index (χ3n) is 6.00. The van der Waals surface area contributed by atoms with Crippen LogP contribution in [0.15, 0.2) is 48.5 Å². The number of hydrogen-bond donors (Lipinski definition) is 1. The zero-order valence-electron chi connectivity index (χ0n) is 14.4. The minimum absolute atomic E-state index is 0.0163. The van der Waals surface area contributed by atoms with Crippen LogP contribution in [-0.4, -0.2) is 54.1 Å². The van der Waals surface area contributed by atoms with E-state index in [-0.39, 0.29) is 24.7 Å². The van der Waals surface area contributed by atoms with Gasteiger partial charge in [-0.2, -0.15) is 0 Å². The summed E-state index contributed by atoms with van der Waals surface area (Å²) in [6.45, 7) is 1.10. The Morgan fingerprint density at radius 2 is 1.81 bits per heavy atom. The number of likely N-dealkylation sites (tertiary alicyclic amines) is 1. The number of nitrogens with zero attached hydrogens (tertiary/aromatic N) is 1. The van der Waals surface area contributed by atoms with Crippen LogP contribution in [0.2, 0.25) is 0 Å². The average Bonchev–Trinajstić information content (AvgIpc) is 3.36. The Kier molecular flexibility index (Phi) is 3.55. The predicted octanol–water partition coefficient (Wildman–Crippen LogP) is 2.77. The van der Waals surface area contributed by atoms with E-state index in [1.165, 1.54) is 22.3 Å². The highest BCUT2D eigenvalue weighted by atomic mass is 16.6. The maximum absolute atomic E-state index is 12.7. The number of aliphatic hydroxyl groups excluding tert-OH is 1. The molecule has 26 heavy (non-hydrogen) atoms. The summed E-state index contributed by atoms with van der Waals surface area (Å²) in [6, 6.07) is 16.6. The van der Waals surface area contributed by atoms with Crippen molar-refractivity contribution in [2.24, 2.45) is 0 Å². The van der Waals surface area contributed by atoms with E-state index in [9.17, 15) is 9.90 Å². The molecule has 2 saturated heterocycles. The molecule has 5 rings (SSSR count). The molecule has 2 bridgehead atoms. The van der Waals surface area contributed by atoms with Crippen molar-refractivity contribution < 1.29 is 19.4 Å². The van der Waals surface area contributed by atoms with Crippen molar-refractivity contribution in [3.8, 4) is 11.1 Å². The Bertz CT molecular complexity index is 821. The summed E-state index contributed by atoms with van der Waals surface area (Å²) in [4.78, 5) is 14.4. The molecule has 1 amide bonds. The van der Waals surface area contributed by atoms with Gasteiger partial charge >= 0.3 is 6.09 Å². The van der Waals surface area contributed by atoms with Crippen molar-refractivity contribution >= 4 is 6.09 Å². The second kappa shape index (κ2) is 5.83. The summed E-state index contributed by atoms with van der Waals surface area (Å²) in [5.74, 6) is 0.0486. The van der Waals surface area contributed by atoms with E-state index in [0.29, 0.717) is 26.2 Å². The molecule has 0 saturated carbocycles. The summed E-state index contributed by atoms with van der Waals surface area (Å²) in [7, 11) is 0. The molecule has 5 nitrogen and oxygen atoms in total. The lowest BCUT2D eigenvalue weighted by atomic mass is 9.98. The fourth-order valence-corrected chi connectivity index (χ4v) is 4.65. The summed E-state index contributed by atoms with van der Waals surface area (Å²) in [5, 5.41) is 9.77. The highest BCUT2D eigenvalue weighted by Gasteiger charge is 2.54. The summed E-state index contributed by atoms with van der Waals surface area (Å²) < 4.78 is 11.3. The van der Waals surface area contributed by atoms with Gasteiger partial charge in [0.15, 0.2) is 0 Å². The molecule has 134 valence electrons. The molecule has 2 fully saturated rings. The second-order valence-corrected chi connectivity index (χ2v) is 7.43. The smallest absolute Gasteiger partial charge is 0.410 e. The van der Waals surface area contributed by atoms with Gasteiger partial charge < -0.3 is 14.6 Å². The largest absolute Gasteiger partial charge is 0.448 e. The SMILES string of the molecule is O=C(OCC1c2ccccc2-c2ccccc21)N1CC2CC1(CO)CO2.